The third kappa shape index (κ3) is 5.40. The fourth-order valence-electron chi connectivity index (χ4n) is 5.05. The fraction of sp³-hybridized carbons (Fsp3) is 0.321. The van der Waals surface area contributed by atoms with Gasteiger partial charge < -0.3 is 5.32 Å². The highest BCUT2D eigenvalue weighted by Crippen LogP contribution is 2.30. The maximum atomic E-state index is 13.5. The summed E-state index contributed by atoms with van der Waals surface area (Å²) in [6.45, 7) is 5.52. The van der Waals surface area contributed by atoms with E-state index >= 15 is 0 Å². The van der Waals surface area contributed by atoms with Gasteiger partial charge in [-0.2, -0.15) is 4.72 Å². The molecule has 1 aliphatic carbocycles. The van der Waals surface area contributed by atoms with Crippen molar-refractivity contribution >= 4 is 15.9 Å². The van der Waals surface area contributed by atoms with Crippen LogP contribution in [0.3, 0.4) is 0 Å². The van der Waals surface area contributed by atoms with Crippen molar-refractivity contribution < 1.29 is 13.2 Å². The molecule has 0 saturated carbocycles. The van der Waals surface area contributed by atoms with Gasteiger partial charge in [-0.1, -0.05) is 72.3 Å². The van der Waals surface area contributed by atoms with Crippen molar-refractivity contribution in [1.29, 1.82) is 0 Å². The Morgan fingerprint density at radius 2 is 1.62 bits per heavy atom. The van der Waals surface area contributed by atoms with E-state index in [1.54, 1.807) is 13.8 Å². The van der Waals surface area contributed by atoms with Gasteiger partial charge in [0.25, 0.3) is 0 Å². The number of nitrogens with one attached hydrogen (secondary N) is 2. The number of aryl methyl sites for hydroxylation is 4. The van der Waals surface area contributed by atoms with E-state index in [2.05, 4.69) is 22.2 Å². The zero-order valence-electron chi connectivity index (χ0n) is 20.0. The van der Waals surface area contributed by atoms with E-state index in [1.165, 1.54) is 5.56 Å². The van der Waals surface area contributed by atoms with Crippen LogP contribution in [0.1, 0.15) is 52.3 Å². The molecule has 0 spiro atoms. The summed E-state index contributed by atoms with van der Waals surface area (Å²) in [6.07, 6.45) is 3.08. The molecule has 5 nitrogen and oxygen atoms in total. The Hall–Kier alpha value is -2.96. The summed E-state index contributed by atoms with van der Waals surface area (Å²) in [4.78, 5) is 13.8. The molecule has 3 aromatic rings. The van der Waals surface area contributed by atoms with Gasteiger partial charge in [-0.15, -0.1) is 0 Å². The van der Waals surface area contributed by atoms with Crippen LogP contribution in [-0.2, 0) is 27.7 Å². The smallest absolute Gasteiger partial charge is 0.241 e. The van der Waals surface area contributed by atoms with Crippen molar-refractivity contribution in [2.45, 2.75) is 63.4 Å². The van der Waals surface area contributed by atoms with E-state index in [0.717, 1.165) is 36.0 Å². The Bertz CT molecular complexity index is 1260. The molecule has 34 heavy (non-hydrogen) atoms. The minimum Gasteiger partial charge on any atom is -0.348 e. The topological polar surface area (TPSA) is 75.3 Å². The number of sulfonamides is 1. The number of carbonyl (C=O) groups excluding carboxylic acids is 1. The highest BCUT2D eigenvalue weighted by molar-refractivity contribution is 7.89. The molecule has 6 heteroatoms. The van der Waals surface area contributed by atoms with Crippen molar-refractivity contribution in [3.63, 3.8) is 0 Å². The number of carbonyl (C=O) groups is 1. The second kappa shape index (κ2) is 10.1. The lowest BCUT2D eigenvalue weighted by molar-refractivity contribution is -0.123. The molecule has 2 atom stereocenters. The van der Waals surface area contributed by atoms with Gasteiger partial charge in [0, 0.05) is 0 Å². The second-order valence-electron chi connectivity index (χ2n) is 9.24. The summed E-state index contributed by atoms with van der Waals surface area (Å²) >= 11 is 0. The third-order valence-corrected chi connectivity index (χ3v) is 8.23. The predicted molar refractivity (Wildman–Crippen MR) is 135 cm³/mol. The minimum absolute atomic E-state index is 0.122. The zero-order valence-corrected chi connectivity index (χ0v) is 20.8. The quantitative estimate of drug-likeness (QED) is 0.519. The van der Waals surface area contributed by atoms with Crippen LogP contribution < -0.4 is 10.0 Å². The molecule has 4 rings (SSSR count). The van der Waals surface area contributed by atoms with Crippen LogP contribution in [0.4, 0.5) is 0 Å². The van der Waals surface area contributed by atoms with E-state index in [4.69, 9.17) is 0 Å². The largest absolute Gasteiger partial charge is 0.348 e. The molecule has 0 fully saturated rings. The van der Waals surface area contributed by atoms with Crippen LogP contribution in [0.5, 0.6) is 0 Å². The molecule has 0 saturated heterocycles. The van der Waals surface area contributed by atoms with Gasteiger partial charge in [0.15, 0.2) is 0 Å². The van der Waals surface area contributed by atoms with Crippen LogP contribution in [0, 0.1) is 20.8 Å². The first-order valence-electron chi connectivity index (χ1n) is 11.8. The lowest BCUT2D eigenvalue weighted by Gasteiger charge is -2.28. The normalized spacial score (nSPS) is 16.5. The highest BCUT2D eigenvalue weighted by Gasteiger charge is 2.30. The molecule has 178 valence electrons. The van der Waals surface area contributed by atoms with Crippen LogP contribution in [0.15, 0.2) is 71.6 Å². The van der Waals surface area contributed by atoms with Crippen LogP contribution in [0.2, 0.25) is 0 Å². The van der Waals surface area contributed by atoms with E-state index in [-0.39, 0.29) is 23.3 Å². The lowest BCUT2D eigenvalue weighted by Crippen LogP contribution is -2.49. The summed E-state index contributed by atoms with van der Waals surface area (Å²) in [5.74, 6) is -0.309. The first kappa shape index (κ1) is 24.2. The molecule has 0 unspecified atom stereocenters. The maximum Gasteiger partial charge on any atom is 0.241 e. The molecule has 0 radical (unpaired) electrons. The molecule has 1 aliphatic rings. The monoisotopic (exact) mass is 476 g/mol. The molecule has 0 bridgehead atoms. The third-order valence-electron chi connectivity index (χ3n) is 6.46. The molecular weight excluding hydrogens is 444 g/mol. The van der Waals surface area contributed by atoms with Gasteiger partial charge in [0.1, 0.15) is 6.04 Å². The predicted octanol–water partition coefficient (Wildman–Crippen LogP) is 4.70. The average molecular weight is 477 g/mol. The number of hydrogen-bond donors (Lipinski definition) is 2. The summed E-state index contributed by atoms with van der Waals surface area (Å²) < 4.78 is 29.7. The molecule has 2 N–H and O–H groups in total. The van der Waals surface area contributed by atoms with E-state index in [9.17, 15) is 13.2 Å². The maximum absolute atomic E-state index is 13.5. The Balaban J connectivity index is 1.63. The average Bonchev–Trinajstić information content (AvgIpc) is 2.78. The number of fused-ring (bicyclic) bond motifs is 1. The van der Waals surface area contributed by atoms with Crippen molar-refractivity contribution in [1.82, 2.24) is 10.0 Å². The fourth-order valence-corrected chi connectivity index (χ4v) is 6.70. The van der Waals surface area contributed by atoms with Gasteiger partial charge >= 0.3 is 0 Å². The number of benzene rings is 3. The molecule has 0 heterocycles. The summed E-state index contributed by atoms with van der Waals surface area (Å²) in [5, 5.41) is 3.14. The molecular formula is C28H32N2O3S. The van der Waals surface area contributed by atoms with Gasteiger partial charge in [0.2, 0.25) is 15.9 Å². The summed E-state index contributed by atoms with van der Waals surface area (Å²) in [5.41, 5.74) is 5.60. The van der Waals surface area contributed by atoms with Crippen molar-refractivity contribution in [3.8, 4) is 0 Å². The zero-order chi connectivity index (χ0) is 24.3. The Morgan fingerprint density at radius 1 is 0.971 bits per heavy atom. The van der Waals surface area contributed by atoms with E-state index in [1.807, 2.05) is 61.5 Å². The SMILES string of the molecule is Cc1cc(C)c(S(=O)(=O)N[C@@H](Cc2ccccc2)C(=O)N[C@@H]2CCCc3ccccc32)c(C)c1. The summed E-state index contributed by atoms with van der Waals surface area (Å²) in [7, 11) is -3.91. The molecule has 3 aromatic carbocycles. The summed E-state index contributed by atoms with van der Waals surface area (Å²) in [6, 6.07) is 20.3. The Kier molecular flexibility index (Phi) is 7.19. The van der Waals surface area contributed by atoms with Crippen molar-refractivity contribution in [2.75, 3.05) is 0 Å². The van der Waals surface area contributed by atoms with Gasteiger partial charge in [0.05, 0.1) is 10.9 Å². The van der Waals surface area contributed by atoms with Crippen LogP contribution in [-0.4, -0.2) is 20.4 Å². The Morgan fingerprint density at radius 3 is 2.32 bits per heavy atom. The molecule has 0 aliphatic heterocycles. The first-order valence-corrected chi connectivity index (χ1v) is 13.2. The number of rotatable bonds is 7. The first-order chi connectivity index (χ1) is 16.2. The number of amides is 1. The van der Waals surface area contributed by atoms with Gasteiger partial charge in [-0.25, -0.2) is 8.42 Å². The molecule has 1 amide bonds. The molecule has 0 aromatic heterocycles. The van der Waals surface area contributed by atoms with Gasteiger partial charge in [-0.3, -0.25) is 4.79 Å². The minimum atomic E-state index is -3.91. The lowest BCUT2D eigenvalue weighted by atomic mass is 9.87. The van der Waals surface area contributed by atoms with E-state index < -0.39 is 16.1 Å². The van der Waals surface area contributed by atoms with E-state index in [0.29, 0.717) is 11.1 Å². The van der Waals surface area contributed by atoms with Crippen LogP contribution >= 0.6 is 0 Å². The van der Waals surface area contributed by atoms with Crippen molar-refractivity contribution in [2.24, 2.45) is 0 Å². The van der Waals surface area contributed by atoms with Crippen molar-refractivity contribution in [3.05, 3.63) is 100 Å². The van der Waals surface area contributed by atoms with Gasteiger partial charge in [-0.05, 0) is 74.3 Å². The van der Waals surface area contributed by atoms with Crippen LogP contribution in [0.25, 0.3) is 0 Å². The highest BCUT2D eigenvalue weighted by atomic mass is 32.2. The number of hydrogen-bond acceptors (Lipinski definition) is 3. The second-order valence-corrected chi connectivity index (χ2v) is 10.9. The standard InChI is InChI=1S/C28H32N2O3S/c1-19-16-20(2)27(21(3)17-19)34(32,33)30-26(18-22-10-5-4-6-11-22)28(31)29-25-15-9-13-23-12-7-8-14-24(23)25/h4-8,10-12,14,16-17,25-26,30H,9,13,15,18H2,1-3H3,(H,29,31)/t25-,26+/m1/s1. The Labute approximate surface area is 202 Å².